The van der Waals surface area contributed by atoms with Crippen molar-refractivity contribution in [2.75, 3.05) is 6.54 Å². The number of carbonyl (C=O) groups is 1. The number of carbonyl (C=O) groups excluding carboxylic acids is 1. The molecule has 1 atom stereocenters. The lowest BCUT2D eigenvalue weighted by molar-refractivity contribution is -0.123. The fourth-order valence-electron chi connectivity index (χ4n) is 2.63. The molecule has 0 saturated heterocycles. The third kappa shape index (κ3) is 4.07. The quantitative estimate of drug-likeness (QED) is 0.803. The summed E-state index contributed by atoms with van der Waals surface area (Å²) < 4.78 is 0. The van der Waals surface area contributed by atoms with Crippen LogP contribution in [0.4, 0.5) is 0 Å². The molecule has 0 spiro atoms. The second kappa shape index (κ2) is 6.40. The summed E-state index contributed by atoms with van der Waals surface area (Å²) in [5.74, 6) is 0.713. The van der Waals surface area contributed by atoms with Gasteiger partial charge in [0.2, 0.25) is 5.91 Å². The zero-order valence-electron chi connectivity index (χ0n) is 12.6. The Hall–Kier alpha value is -1.35. The van der Waals surface area contributed by atoms with Gasteiger partial charge >= 0.3 is 0 Å². The van der Waals surface area contributed by atoms with E-state index >= 15 is 0 Å². The van der Waals surface area contributed by atoms with E-state index in [-0.39, 0.29) is 11.4 Å². The van der Waals surface area contributed by atoms with E-state index in [1.165, 1.54) is 24.0 Å². The monoisotopic (exact) mass is 274 g/mol. The maximum atomic E-state index is 12.0. The minimum atomic E-state index is -0.194. The summed E-state index contributed by atoms with van der Waals surface area (Å²) in [5.41, 5.74) is 8.19. The molecule has 1 aliphatic rings. The summed E-state index contributed by atoms with van der Waals surface area (Å²) in [6.07, 6.45) is 4.81. The molecule has 3 heteroatoms. The molecule has 1 aromatic carbocycles. The first-order valence-corrected chi connectivity index (χ1v) is 7.60. The molecule has 1 saturated carbocycles. The Bertz CT molecular complexity index is 451. The van der Waals surface area contributed by atoms with Gasteiger partial charge < -0.3 is 11.1 Å². The number of nitrogens with two attached hydrogens (primary N) is 1. The molecule has 3 nitrogen and oxygen atoms in total. The van der Waals surface area contributed by atoms with Crippen molar-refractivity contribution in [3.05, 3.63) is 35.4 Å². The highest BCUT2D eigenvalue weighted by Gasteiger charge is 2.41. The number of nitrogens with one attached hydrogen (secondary N) is 1. The molecule has 3 N–H and O–H groups in total. The van der Waals surface area contributed by atoms with Crippen LogP contribution in [0.2, 0.25) is 0 Å². The van der Waals surface area contributed by atoms with E-state index in [9.17, 15) is 4.79 Å². The Kier molecular flexibility index (Phi) is 4.81. The van der Waals surface area contributed by atoms with Gasteiger partial charge in [0, 0.05) is 13.0 Å². The summed E-state index contributed by atoms with van der Waals surface area (Å²) in [6.45, 7) is 4.69. The van der Waals surface area contributed by atoms with Crippen LogP contribution in [0.5, 0.6) is 0 Å². The molecule has 1 aliphatic carbocycles. The topological polar surface area (TPSA) is 55.1 Å². The summed E-state index contributed by atoms with van der Waals surface area (Å²) in [5, 5.41) is 3.14. The van der Waals surface area contributed by atoms with Crippen molar-refractivity contribution >= 4 is 5.91 Å². The molecule has 0 aromatic heterocycles. The van der Waals surface area contributed by atoms with Crippen molar-refractivity contribution in [1.29, 1.82) is 0 Å². The van der Waals surface area contributed by atoms with Crippen molar-refractivity contribution in [3.8, 4) is 0 Å². The standard InChI is InChI=1S/C17H26N2O/c1-13-6-8-14(9-7-13)4-3-5-16(20)19-17(2,12-18)15-10-11-15/h6-9,15H,3-5,10-12,18H2,1-2H3,(H,19,20). The Balaban J connectivity index is 1.73. The first kappa shape index (κ1) is 15.0. The number of amides is 1. The highest BCUT2D eigenvalue weighted by molar-refractivity contribution is 5.76. The van der Waals surface area contributed by atoms with Crippen LogP contribution in [0, 0.1) is 12.8 Å². The van der Waals surface area contributed by atoms with Crippen LogP contribution in [0.15, 0.2) is 24.3 Å². The van der Waals surface area contributed by atoms with Gasteiger partial charge in [-0.2, -0.15) is 0 Å². The number of benzene rings is 1. The first-order chi connectivity index (χ1) is 9.53. The molecule has 20 heavy (non-hydrogen) atoms. The number of hydrogen-bond acceptors (Lipinski definition) is 2. The van der Waals surface area contributed by atoms with Crippen LogP contribution >= 0.6 is 0 Å². The predicted octanol–water partition coefficient (Wildman–Crippen LogP) is 2.56. The van der Waals surface area contributed by atoms with E-state index in [0.29, 0.717) is 18.9 Å². The van der Waals surface area contributed by atoms with Crippen LogP contribution in [0.1, 0.15) is 43.7 Å². The second-order valence-corrected chi connectivity index (χ2v) is 6.28. The summed E-state index contributed by atoms with van der Waals surface area (Å²) in [4.78, 5) is 12.0. The van der Waals surface area contributed by atoms with Gasteiger partial charge in [0.1, 0.15) is 0 Å². The minimum absolute atomic E-state index is 0.136. The van der Waals surface area contributed by atoms with E-state index in [4.69, 9.17) is 5.73 Å². The van der Waals surface area contributed by atoms with Gasteiger partial charge in [-0.25, -0.2) is 0 Å². The molecule has 0 radical (unpaired) electrons. The first-order valence-electron chi connectivity index (χ1n) is 7.60. The molecule has 2 rings (SSSR count). The zero-order valence-corrected chi connectivity index (χ0v) is 12.6. The third-order valence-electron chi connectivity index (χ3n) is 4.32. The summed E-state index contributed by atoms with van der Waals surface area (Å²) in [6, 6.07) is 8.52. The summed E-state index contributed by atoms with van der Waals surface area (Å²) >= 11 is 0. The lowest BCUT2D eigenvalue weighted by atomic mass is 9.95. The van der Waals surface area contributed by atoms with Crippen LogP contribution in [0.25, 0.3) is 0 Å². The van der Waals surface area contributed by atoms with Gasteiger partial charge in [-0.15, -0.1) is 0 Å². The van der Waals surface area contributed by atoms with Crippen LogP contribution in [-0.2, 0) is 11.2 Å². The van der Waals surface area contributed by atoms with Crippen molar-refractivity contribution in [3.63, 3.8) is 0 Å². The predicted molar refractivity (Wildman–Crippen MR) is 82.4 cm³/mol. The average Bonchev–Trinajstić information content (AvgIpc) is 3.25. The molecule has 0 aliphatic heterocycles. The molecule has 1 fully saturated rings. The van der Waals surface area contributed by atoms with Gasteiger partial charge in [0.25, 0.3) is 0 Å². The smallest absolute Gasteiger partial charge is 0.220 e. The number of hydrogen-bond donors (Lipinski definition) is 2. The van der Waals surface area contributed by atoms with E-state index < -0.39 is 0 Å². The Labute approximate surface area is 121 Å². The van der Waals surface area contributed by atoms with Crippen molar-refractivity contribution < 1.29 is 4.79 Å². The van der Waals surface area contributed by atoms with E-state index in [1.807, 2.05) is 0 Å². The van der Waals surface area contributed by atoms with Gasteiger partial charge in [-0.3, -0.25) is 4.79 Å². The van der Waals surface area contributed by atoms with E-state index in [0.717, 1.165) is 12.8 Å². The Morgan fingerprint density at radius 2 is 2.00 bits per heavy atom. The van der Waals surface area contributed by atoms with Gasteiger partial charge in [0.15, 0.2) is 0 Å². The molecule has 1 unspecified atom stereocenters. The molecule has 0 heterocycles. The van der Waals surface area contributed by atoms with Crippen LogP contribution < -0.4 is 11.1 Å². The van der Waals surface area contributed by atoms with Gasteiger partial charge in [0.05, 0.1) is 5.54 Å². The van der Waals surface area contributed by atoms with Crippen molar-refractivity contribution in [2.45, 2.75) is 51.5 Å². The molecular formula is C17H26N2O. The average molecular weight is 274 g/mol. The lowest BCUT2D eigenvalue weighted by Gasteiger charge is -2.29. The highest BCUT2D eigenvalue weighted by Crippen LogP contribution is 2.38. The SMILES string of the molecule is Cc1ccc(CCCC(=O)NC(C)(CN)C2CC2)cc1. The normalized spacial score (nSPS) is 17.6. The molecule has 0 bridgehead atoms. The van der Waals surface area contributed by atoms with E-state index in [1.54, 1.807) is 0 Å². The maximum Gasteiger partial charge on any atom is 0.220 e. The van der Waals surface area contributed by atoms with Crippen LogP contribution in [0.3, 0.4) is 0 Å². The minimum Gasteiger partial charge on any atom is -0.349 e. The van der Waals surface area contributed by atoms with Crippen molar-refractivity contribution in [2.24, 2.45) is 11.7 Å². The highest BCUT2D eigenvalue weighted by atomic mass is 16.1. The van der Waals surface area contributed by atoms with Gasteiger partial charge in [-0.05, 0) is 51.0 Å². The van der Waals surface area contributed by atoms with E-state index in [2.05, 4.69) is 43.4 Å². The molecular weight excluding hydrogens is 248 g/mol. The Morgan fingerprint density at radius 3 is 2.55 bits per heavy atom. The lowest BCUT2D eigenvalue weighted by Crippen LogP contribution is -2.53. The van der Waals surface area contributed by atoms with Gasteiger partial charge in [-0.1, -0.05) is 29.8 Å². The molecule has 110 valence electrons. The fourth-order valence-corrected chi connectivity index (χ4v) is 2.63. The second-order valence-electron chi connectivity index (χ2n) is 6.28. The summed E-state index contributed by atoms with van der Waals surface area (Å²) in [7, 11) is 0. The van der Waals surface area contributed by atoms with Crippen molar-refractivity contribution in [1.82, 2.24) is 5.32 Å². The van der Waals surface area contributed by atoms with Crippen LogP contribution in [-0.4, -0.2) is 18.0 Å². The number of rotatable bonds is 7. The Morgan fingerprint density at radius 1 is 1.35 bits per heavy atom. The maximum absolute atomic E-state index is 12.0. The number of aryl methyl sites for hydroxylation is 2. The molecule has 1 aromatic rings. The largest absolute Gasteiger partial charge is 0.349 e. The fraction of sp³-hybridized carbons (Fsp3) is 0.588. The zero-order chi connectivity index (χ0) is 14.6. The molecule has 1 amide bonds. The third-order valence-corrected chi connectivity index (χ3v) is 4.32.